The monoisotopic (exact) mass is 319 g/mol. The predicted octanol–water partition coefficient (Wildman–Crippen LogP) is 4.27. The molecule has 0 unspecified atom stereocenters. The third kappa shape index (κ3) is 3.74. The minimum Gasteiger partial charge on any atom is -0.493 e. The van der Waals surface area contributed by atoms with Gasteiger partial charge in [0.2, 0.25) is 0 Å². The summed E-state index contributed by atoms with van der Waals surface area (Å²) < 4.78 is 6.96. The van der Waals surface area contributed by atoms with Gasteiger partial charge in [0.05, 0.1) is 6.61 Å². The molecule has 0 amide bonds. The number of ether oxygens (including phenoxy) is 1. The van der Waals surface area contributed by atoms with E-state index < -0.39 is 0 Å². The van der Waals surface area contributed by atoms with Crippen LogP contribution < -0.4 is 10.5 Å². The van der Waals surface area contributed by atoms with Crippen LogP contribution in [0.2, 0.25) is 0 Å². The molecule has 0 aliphatic rings. The van der Waals surface area contributed by atoms with Crippen LogP contribution in [0.4, 0.5) is 5.69 Å². The smallest absolute Gasteiger partial charge is 0.119 e. The lowest BCUT2D eigenvalue weighted by Gasteiger charge is -2.10. The molecule has 0 heterocycles. The SMILES string of the molecule is Cc1cc(OCCc2ccc(N)cc2)cc(C)c1Br. The Labute approximate surface area is 122 Å². The molecule has 2 aromatic carbocycles. The normalized spacial score (nSPS) is 10.5. The van der Waals surface area contributed by atoms with Crippen molar-refractivity contribution >= 4 is 21.6 Å². The van der Waals surface area contributed by atoms with Gasteiger partial charge in [0.1, 0.15) is 5.75 Å². The zero-order valence-corrected chi connectivity index (χ0v) is 12.8. The molecule has 0 radical (unpaired) electrons. The minimum absolute atomic E-state index is 0.671. The molecule has 2 nitrogen and oxygen atoms in total. The summed E-state index contributed by atoms with van der Waals surface area (Å²) in [7, 11) is 0. The van der Waals surface area contributed by atoms with Crippen LogP contribution in [0.15, 0.2) is 40.9 Å². The van der Waals surface area contributed by atoms with Gasteiger partial charge >= 0.3 is 0 Å². The molecule has 3 heteroatoms. The molecule has 0 spiro atoms. The highest BCUT2D eigenvalue weighted by Gasteiger charge is 2.03. The fraction of sp³-hybridized carbons (Fsp3) is 0.250. The average Bonchev–Trinajstić information content (AvgIpc) is 2.38. The second-order valence-electron chi connectivity index (χ2n) is 4.71. The Morgan fingerprint density at radius 1 is 1.05 bits per heavy atom. The highest BCUT2D eigenvalue weighted by Crippen LogP contribution is 2.26. The number of nitrogens with two attached hydrogens (primary N) is 1. The summed E-state index contributed by atoms with van der Waals surface area (Å²) in [6.07, 6.45) is 0.883. The molecule has 100 valence electrons. The second kappa shape index (κ2) is 6.11. The molecule has 2 rings (SSSR count). The van der Waals surface area contributed by atoms with Crippen LogP contribution in [-0.2, 0) is 6.42 Å². The van der Waals surface area contributed by atoms with E-state index in [9.17, 15) is 0 Å². The number of anilines is 1. The van der Waals surface area contributed by atoms with E-state index in [1.54, 1.807) is 0 Å². The maximum Gasteiger partial charge on any atom is 0.119 e. The van der Waals surface area contributed by atoms with Gasteiger partial charge in [-0.2, -0.15) is 0 Å². The number of rotatable bonds is 4. The van der Waals surface area contributed by atoms with Gasteiger partial charge in [0, 0.05) is 16.6 Å². The molecule has 0 aliphatic carbocycles. The molecule has 0 bridgehead atoms. The first-order valence-corrected chi connectivity index (χ1v) is 7.09. The topological polar surface area (TPSA) is 35.2 Å². The lowest BCUT2D eigenvalue weighted by Crippen LogP contribution is -2.02. The Bertz CT molecular complexity index is 540. The third-order valence-electron chi connectivity index (χ3n) is 3.05. The average molecular weight is 320 g/mol. The third-order valence-corrected chi connectivity index (χ3v) is 4.30. The van der Waals surface area contributed by atoms with E-state index >= 15 is 0 Å². The van der Waals surface area contributed by atoms with Crippen molar-refractivity contribution in [3.05, 3.63) is 57.6 Å². The molecule has 0 aromatic heterocycles. The molecule has 19 heavy (non-hydrogen) atoms. The lowest BCUT2D eigenvalue weighted by atomic mass is 10.1. The van der Waals surface area contributed by atoms with Crippen molar-refractivity contribution in [2.75, 3.05) is 12.3 Å². The van der Waals surface area contributed by atoms with E-state index in [0.717, 1.165) is 22.3 Å². The van der Waals surface area contributed by atoms with Crippen molar-refractivity contribution in [3.63, 3.8) is 0 Å². The number of nitrogen functional groups attached to an aromatic ring is 1. The fourth-order valence-corrected chi connectivity index (χ4v) is 2.19. The van der Waals surface area contributed by atoms with Crippen molar-refractivity contribution in [3.8, 4) is 5.75 Å². The quantitative estimate of drug-likeness (QED) is 0.854. The van der Waals surface area contributed by atoms with Gasteiger partial charge in [0.15, 0.2) is 0 Å². The predicted molar refractivity (Wildman–Crippen MR) is 83.7 cm³/mol. The largest absolute Gasteiger partial charge is 0.493 e. The zero-order valence-electron chi connectivity index (χ0n) is 11.2. The molecule has 2 aromatic rings. The Hall–Kier alpha value is -1.48. The van der Waals surface area contributed by atoms with Crippen molar-refractivity contribution in [1.82, 2.24) is 0 Å². The summed E-state index contributed by atoms with van der Waals surface area (Å²) >= 11 is 3.56. The maximum absolute atomic E-state index is 5.80. The van der Waals surface area contributed by atoms with E-state index in [0.29, 0.717) is 6.61 Å². The Morgan fingerprint density at radius 3 is 2.21 bits per heavy atom. The van der Waals surface area contributed by atoms with Gasteiger partial charge in [0.25, 0.3) is 0 Å². The molecular weight excluding hydrogens is 302 g/mol. The molecule has 0 saturated heterocycles. The molecule has 0 aliphatic heterocycles. The summed E-state index contributed by atoms with van der Waals surface area (Å²) in [5.74, 6) is 0.925. The van der Waals surface area contributed by atoms with Gasteiger partial charge in [-0.3, -0.25) is 0 Å². The first-order valence-electron chi connectivity index (χ1n) is 6.30. The van der Waals surface area contributed by atoms with Crippen molar-refractivity contribution in [2.24, 2.45) is 0 Å². The van der Waals surface area contributed by atoms with Crippen LogP contribution in [0.25, 0.3) is 0 Å². The van der Waals surface area contributed by atoms with Gasteiger partial charge < -0.3 is 10.5 Å². The Kier molecular flexibility index (Phi) is 4.48. The highest BCUT2D eigenvalue weighted by atomic mass is 79.9. The van der Waals surface area contributed by atoms with E-state index in [1.807, 2.05) is 24.3 Å². The van der Waals surface area contributed by atoms with Crippen LogP contribution in [-0.4, -0.2) is 6.61 Å². The van der Waals surface area contributed by atoms with E-state index in [-0.39, 0.29) is 0 Å². The summed E-state index contributed by atoms with van der Waals surface area (Å²) in [6.45, 7) is 4.82. The molecule has 0 atom stereocenters. The molecule has 0 saturated carbocycles. The van der Waals surface area contributed by atoms with Gasteiger partial charge in [-0.25, -0.2) is 0 Å². The minimum atomic E-state index is 0.671. The lowest BCUT2D eigenvalue weighted by molar-refractivity contribution is 0.321. The first kappa shape index (κ1) is 13.9. The number of benzene rings is 2. The number of halogens is 1. The van der Waals surface area contributed by atoms with Crippen LogP contribution in [0.3, 0.4) is 0 Å². The zero-order chi connectivity index (χ0) is 13.8. The van der Waals surface area contributed by atoms with E-state index in [1.165, 1.54) is 16.7 Å². The Balaban J connectivity index is 1.94. The van der Waals surface area contributed by atoms with E-state index in [4.69, 9.17) is 10.5 Å². The Morgan fingerprint density at radius 2 is 1.63 bits per heavy atom. The van der Waals surface area contributed by atoms with Crippen molar-refractivity contribution in [1.29, 1.82) is 0 Å². The molecule has 0 fully saturated rings. The van der Waals surface area contributed by atoms with E-state index in [2.05, 4.69) is 41.9 Å². The maximum atomic E-state index is 5.80. The van der Waals surface area contributed by atoms with Gasteiger partial charge in [-0.15, -0.1) is 0 Å². The van der Waals surface area contributed by atoms with Crippen LogP contribution in [0, 0.1) is 13.8 Å². The van der Waals surface area contributed by atoms with Crippen LogP contribution in [0.1, 0.15) is 16.7 Å². The second-order valence-corrected chi connectivity index (χ2v) is 5.50. The van der Waals surface area contributed by atoms with Gasteiger partial charge in [-0.1, -0.05) is 28.1 Å². The summed E-state index contributed by atoms with van der Waals surface area (Å²) in [6, 6.07) is 12.0. The van der Waals surface area contributed by atoms with Gasteiger partial charge in [-0.05, 0) is 54.8 Å². The van der Waals surface area contributed by atoms with Crippen molar-refractivity contribution in [2.45, 2.75) is 20.3 Å². The molecular formula is C16H18BrNO. The standard InChI is InChI=1S/C16H18BrNO/c1-11-9-15(10-12(2)16(11)17)19-8-7-13-3-5-14(18)6-4-13/h3-6,9-10H,7-8,18H2,1-2H3. The highest BCUT2D eigenvalue weighted by molar-refractivity contribution is 9.10. The fourth-order valence-electron chi connectivity index (χ4n) is 1.96. The van der Waals surface area contributed by atoms with Crippen LogP contribution >= 0.6 is 15.9 Å². The molecule has 2 N–H and O–H groups in total. The van der Waals surface area contributed by atoms with Crippen molar-refractivity contribution < 1.29 is 4.74 Å². The summed E-state index contributed by atoms with van der Waals surface area (Å²) in [5, 5.41) is 0. The number of hydrogen-bond acceptors (Lipinski definition) is 2. The first-order chi connectivity index (χ1) is 9.06. The summed E-state index contributed by atoms with van der Waals surface area (Å²) in [5.41, 5.74) is 10.1. The summed E-state index contributed by atoms with van der Waals surface area (Å²) in [4.78, 5) is 0. The number of hydrogen-bond donors (Lipinski definition) is 1. The van der Waals surface area contributed by atoms with Crippen LogP contribution in [0.5, 0.6) is 5.75 Å². The number of aryl methyl sites for hydroxylation is 2.